The van der Waals surface area contributed by atoms with Crippen LogP contribution in [-0.2, 0) is 17.8 Å². The van der Waals surface area contributed by atoms with E-state index in [0.29, 0.717) is 6.54 Å². The lowest BCUT2D eigenvalue weighted by Gasteiger charge is -2.04. The van der Waals surface area contributed by atoms with Gasteiger partial charge in [0.15, 0.2) is 5.65 Å². The molecule has 5 N–H and O–H groups in total. The van der Waals surface area contributed by atoms with Crippen LogP contribution in [0.3, 0.4) is 0 Å². The van der Waals surface area contributed by atoms with Gasteiger partial charge in [0.2, 0.25) is 0 Å². The van der Waals surface area contributed by atoms with Gasteiger partial charge in [-0.15, -0.1) is 0 Å². The summed E-state index contributed by atoms with van der Waals surface area (Å²) < 4.78 is 1.82. The topological polar surface area (TPSA) is 120 Å². The van der Waals surface area contributed by atoms with Gasteiger partial charge in [-0.25, -0.2) is 9.50 Å². The van der Waals surface area contributed by atoms with Crippen molar-refractivity contribution in [3.63, 3.8) is 0 Å². The summed E-state index contributed by atoms with van der Waals surface area (Å²) >= 11 is 0. The van der Waals surface area contributed by atoms with Gasteiger partial charge in [0.25, 0.3) is 5.97 Å². The molecule has 0 saturated carbocycles. The quantitative estimate of drug-likeness (QED) is 0.583. The molecule has 0 fully saturated rings. The summed E-state index contributed by atoms with van der Waals surface area (Å²) in [5, 5.41) is 11.8. The summed E-state index contributed by atoms with van der Waals surface area (Å²) in [4.78, 5) is 13.8. The summed E-state index contributed by atoms with van der Waals surface area (Å²) in [6, 6.07) is 10.3. The number of rotatable bonds is 6. The van der Waals surface area contributed by atoms with Crippen LogP contribution in [0.4, 0.5) is 0 Å². The first-order valence-electron chi connectivity index (χ1n) is 8.57. The van der Waals surface area contributed by atoms with E-state index in [1.165, 1.54) is 0 Å². The van der Waals surface area contributed by atoms with Crippen molar-refractivity contribution in [2.45, 2.75) is 32.7 Å². The Labute approximate surface area is 152 Å². The molecule has 7 heteroatoms. The molecular weight excluding hydrogens is 330 g/mol. The number of aliphatic carboxylic acids is 1. The van der Waals surface area contributed by atoms with E-state index >= 15 is 0 Å². The fourth-order valence-corrected chi connectivity index (χ4v) is 2.52. The molecule has 1 aromatic carbocycles. The molecule has 3 aromatic rings. The van der Waals surface area contributed by atoms with E-state index in [1.54, 1.807) is 0 Å². The van der Waals surface area contributed by atoms with Gasteiger partial charge in [0, 0.05) is 30.9 Å². The van der Waals surface area contributed by atoms with Gasteiger partial charge < -0.3 is 16.6 Å². The van der Waals surface area contributed by atoms with Crippen molar-refractivity contribution in [1.29, 1.82) is 0 Å². The van der Waals surface area contributed by atoms with Gasteiger partial charge in [-0.05, 0) is 43.0 Å². The predicted octanol–water partition coefficient (Wildman–Crippen LogP) is 2.23. The molecule has 0 saturated heterocycles. The molecule has 2 aromatic heterocycles. The largest absolute Gasteiger partial charge is 0.481 e. The second-order valence-corrected chi connectivity index (χ2v) is 5.91. The molecule has 2 heterocycles. The average molecular weight is 355 g/mol. The molecular formula is C19H25N5O2. The van der Waals surface area contributed by atoms with Gasteiger partial charge in [-0.1, -0.05) is 24.3 Å². The van der Waals surface area contributed by atoms with Crippen LogP contribution in [0.2, 0.25) is 0 Å². The van der Waals surface area contributed by atoms with Crippen molar-refractivity contribution in [3.05, 3.63) is 54.0 Å². The molecule has 0 aliphatic carbocycles. The lowest BCUT2D eigenvalue weighted by Crippen LogP contribution is -2.01. The number of fused-ring (bicyclic) bond motifs is 1. The minimum absolute atomic E-state index is 0.554. The highest BCUT2D eigenvalue weighted by Crippen LogP contribution is 2.24. The molecule has 0 aliphatic heterocycles. The number of hydrogen-bond donors (Lipinski definition) is 3. The maximum Gasteiger partial charge on any atom is 0.300 e. The number of nitrogens with zero attached hydrogens (tertiary/aromatic N) is 3. The third-order valence-corrected chi connectivity index (χ3v) is 3.81. The van der Waals surface area contributed by atoms with E-state index in [1.807, 2.05) is 35.1 Å². The van der Waals surface area contributed by atoms with E-state index in [-0.39, 0.29) is 0 Å². The standard InChI is InChI=1S/C17H21N5.C2H4O2/c18-9-2-1-3-15-8-10-22-17(21-15)16(12-20-22)14-6-4-13(11-19)5-7-14;1-2(3)4/h4-8,10,12H,1-3,9,11,18-19H2;1H3,(H,3,4). The van der Waals surface area contributed by atoms with Crippen LogP contribution >= 0.6 is 0 Å². The van der Waals surface area contributed by atoms with Gasteiger partial charge in [-0.2, -0.15) is 5.10 Å². The summed E-state index contributed by atoms with van der Waals surface area (Å²) in [5.41, 5.74) is 16.5. The first-order chi connectivity index (χ1) is 12.5. The van der Waals surface area contributed by atoms with E-state index in [4.69, 9.17) is 26.4 Å². The highest BCUT2D eigenvalue weighted by atomic mass is 16.4. The number of carboxylic acid groups (broad SMARTS) is 1. The Kier molecular flexibility index (Phi) is 7.25. The Morgan fingerprint density at radius 3 is 2.46 bits per heavy atom. The first kappa shape index (κ1) is 19.6. The van der Waals surface area contributed by atoms with E-state index < -0.39 is 5.97 Å². The zero-order valence-electron chi connectivity index (χ0n) is 14.9. The summed E-state index contributed by atoms with van der Waals surface area (Å²) in [6.45, 7) is 2.37. The monoisotopic (exact) mass is 355 g/mol. The number of unbranched alkanes of at least 4 members (excludes halogenated alkanes) is 1. The zero-order chi connectivity index (χ0) is 18.9. The molecule has 0 radical (unpaired) electrons. The fraction of sp³-hybridized carbons (Fsp3) is 0.316. The van der Waals surface area contributed by atoms with E-state index in [2.05, 4.69) is 17.2 Å². The molecule has 0 spiro atoms. The average Bonchev–Trinajstić information content (AvgIpc) is 3.05. The highest BCUT2D eigenvalue weighted by Gasteiger charge is 2.09. The Morgan fingerprint density at radius 2 is 1.85 bits per heavy atom. The molecule has 0 atom stereocenters. The zero-order valence-corrected chi connectivity index (χ0v) is 14.9. The number of carbonyl (C=O) groups is 1. The minimum atomic E-state index is -0.833. The summed E-state index contributed by atoms with van der Waals surface area (Å²) in [7, 11) is 0. The lowest BCUT2D eigenvalue weighted by atomic mass is 10.1. The van der Waals surface area contributed by atoms with Crippen LogP contribution in [-0.4, -0.2) is 32.2 Å². The molecule has 26 heavy (non-hydrogen) atoms. The van der Waals surface area contributed by atoms with Crippen molar-refractivity contribution in [2.75, 3.05) is 6.54 Å². The van der Waals surface area contributed by atoms with Crippen LogP contribution in [0.1, 0.15) is 31.0 Å². The first-order valence-corrected chi connectivity index (χ1v) is 8.57. The van der Waals surface area contributed by atoms with Crippen molar-refractivity contribution >= 4 is 11.6 Å². The third-order valence-electron chi connectivity index (χ3n) is 3.81. The minimum Gasteiger partial charge on any atom is -0.481 e. The van der Waals surface area contributed by atoms with Crippen LogP contribution < -0.4 is 11.5 Å². The second kappa shape index (κ2) is 9.65. The molecule has 7 nitrogen and oxygen atoms in total. The van der Waals surface area contributed by atoms with Crippen LogP contribution in [0, 0.1) is 0 Å². The third kappa shape index (κ3) is 5.37. The van der Waals surface area contributed by atoms with E-state index in [9.17, 15) is 0 Å². The normalized spacial score (nSPS) is 10.4. The fourth-order valence-electron chi connectivity index (χ4n) is 2.52. The Balaban J connectivity index is 0.000000552. The van der Waals surface area contributed by atoms with Gasteiger partial charge in [0.1, 0.15) is 0 Å². The molecule has 0 aliphatic rings. The molecule has 138 valence electrons. The molecule has 0 amide bonds. The highest BCUT2D eigenvalue weighted by molar-refractivity contribution is 5.77. The van der Waals surface area contributed by atoms with Crippen LogP contribution in [0.25, 0.3) is 16.8 Å². The number of hydrogen-bond acceptors (Lipinski definition) is 5. The molecule has 3 rings (SSSR count). The number of carboxylic acids is 1. The predicted molar refractivity (Wildman–Crippen MR) is 102 cm³/mol. The smallest absolute Gasteiger partial charge is 0.300 e. The van der Waals surface area contributed by atoms with Crippen molar-refractivity contribution in [2.24, 2.45) is 11.5 Å². The van der Waals surface area contributed by atoms with E-state index in [0.717, 1.165) is 60.8 Å². The van der Waals surface area contributed by atoms with Crippen LogP contribution in [0.5, 0.6) is 0 Å². The van der Waals surface area contributed by atoms with Gasteiger partial charge >= 0.3 is 0 Å². The summed E-state index contributed by atoms with van der Waals surface area (Å²) in [5.74, 6) is -0.833. The Morgan fingerprint density at radius 1 is 1.15 bits per heavy atom. The number of aryl methyl sites for hydroxylation is 1. The van der Waals surface area contributed by atoms with Crippen molar-refractivity contribution in [3.8, 4) is 11.1 Å². The SMILES string of the molecule is CC(=O)O.NCCCCc1ccn2ncc(-c3ccc(CN)cc3)c2n1. The van der Waals surface area contributed by atoms with Crippen molar-refractivity contribution in [1.82, 2.24) is 14.6 Å². The summed E-state index contributed by atoms with van der Waals surface area (Å²) in [6.07, 6.45) is 6.87. The molecule has 0 bridgehead atoms. The number of benzene rings is 1. The Hall–Kier alpha value is -2.77. The number of aromatic nitrogens is 3. The Bertz CT molecular complexity index is 839. The molecule has 0 unspecified atom stereocenters. The maximum atomic E-state index is 9.00. The second-order valence-electron chi connectivity index (χ2n) is 5.91. The maximum absolute atomic E-state index is 9.00. The van der Waals surface area contributed by atoms with Crippen molar-refractivity contribution < 1.29 is 9.90 Å². The van der Waals surface area contributed by atoms with Gasteiger partial charge in [0.05, 0.1) is 6.20 Å². The van der Waals surface area contributed by atoms with Crippen LogP contribution in [0.15, 0.2) is 42.7 Å². The lowest BCUT2D eigenvalue weighted by molar-refractivity contribution is -0.134. The van der Waals surface area contributed by atoms with Gasteiger partial charge in [-0.3, -0.25) is 4.79 Å². The number of nitrogens with two attached hydrogens (primary N) is 2.